The third-order valence-corrected chi connectivity index (χ3v) is 2.25. The lowest BCUT2D eigenvalue weighted by Gasteiger charge is -1.97. The van der Waals surface area contributed by atoms with Gasteiger partial charge in [0.15, 0.2) is 5.78 Å². The van der Waals surface area contributed by atoms with Crippen LogP contribution < -0.4 is 0 Å². The molecule has 0 fully saturated rings. The number of hydrogen-bond acceptors (Lipinski definition) is 3. The van der Waals surface area contributed by atoms with Crippen molar-refractivity contribution in [2.45, 2.75) is 18.4 Å². The number of aromatic nitrogens is 1. The number of Topliss-reactive ketones (excluding diaryl/α,β-unsaturated/α-hetero) is 1. The summed E-state index contributed by atoms with van der Waals surface area (Å²) in [6, 6.07) is 3.69. The first-order chi connectivity index (χ1) is 5.77. The molecule has 0 saturated heterocycles. The van der Waals surface area contributed by atoms with Crippen molar-refractivity contribution in [3.8, 4) is 0 Å². The number of carbonyl (C=O) groups is 1. The number of nitrogens with zero attached hydrogens (tertiary/aromatic N) is 1. The molecule has 0 radical (unpaired) electrons. The first-order valence-electron chi connectivity index (χ1n) is 3.81. The molecule has 3 heteroatoms. The van der Waals surface area contributed by atoms with Gasteiger partial charge in [-0.1, -0.05) is 6.92 Å². The summed E-state index contributed by atoms with van der Waals surface area (Å²) >= 11 is 1.57. The van der Waals surface area contributed by atoms with Crippen LogP contribution in [0.2, 0.25) is 0 Å². The molecule has 64 valence electrons. The van der Waals surface area contributed by atoms with E-state index in [0.29, 0.717) is 12.0 Å². The number of hydrogen-bond donors (Lipinski definition) is 0. The lowest BCUT2D eigenvalue weighted by molar-refractivity contribution is 0.0987. The van der Waals surface area contributed by atoms with E-state index in [0.717, 1.165) is 5.03 Å². The van der Waals surface area contributed by atoms with Crippen molar-refractivity contribution in [3.05, 3.63) is 23.9 Å². The zero-order chi connectivity index (χ0) is 8.97. The minimum Gasteiger partial charge on any atom is -0.294 e. The fourth-order valence-corrected chi connectivity index (χ4v) is 1.23. The standard InChI is InChI=1S/C9H11NOS/c1-3-8(11)7-4-5-9(12-2)10-6-7/h4-6H,3H2,1-2H3. The predicted molar refractivity (Wildman–Crippen MR) is 50.6 cm³/mol. The smallest absolute Gasteiger partial charge is 0.164 e. The molecule has 12 heavy (non-hydrogen) atoms. The van der Waals surface area contributed by atoms with Gasteiger partial charge in [-0.2, -0.15) is 0 Å². The minimum atomic E-state index is 0.148. The molecule has 2 nitrogen and oxygen atoms in total. The van der Waals surface area contributed by atoms with Crippen LogP contribution in [0.25, 0.3) is 0 Å². The molecule has 1 aromatic heterocycles. The van der Waals surface area contributed by atoms with Gasteiger partial charge in [0.25, 0.3) is 0 Å². The van der Waals surface area contributed by atoms with Crippen LogP contribution in [0.5, 0.6) is 0 Å². The maximum absolute atomic E-state index is 11.2. The van der Waals surface area contributed by atoms with Gasteiger partial charge in [0, 0.05) is 18.2 Å². The second-order valence-corrected chi connectivity index (χ2v) is 3.19. The van der Waals surface area contributed by atoms with E-state index in [2.05, 4.69) is 4.98 Å². The maximum atomic E-state index is 11.2. The molecule has 0 unspecified atom stereocenters. The normalized spacial score (nSPS) is 9.83. The predicted octanol–water partition coefficient (Wildman–Crippen LogP) is 2.40. The van der Waals surface area contributed by atoms with Gasteiger partial charge in [-0.25, -0.2) is 4.98 Å². The highest BCUT2D eigenvalue weighted by atomic mass is 32.2. The molecule has 0 amide bonds. The van der Waals surface area contributed by atoms with Crippen LogP contribution in [-0.4, -0.2) is 17.0 Å². The molecule has 1 aromatic rings. The van der Waals surface area contributed by atoms with E-state index < -0.39 is 0 Å². The van der Waals surface area contributed by atoms with Crippen molar-refractivity contribution >= 4 is 17.5 Å². The minimum absolute atomic E-state index is 0.148. The lowest BCUT2D eigenvalue weighted by Crippen LogP contribution is -1.96. The molecule has 0 saturated carbocycles. The van der Waals surface area contributed by atoms with Crippen LogP contribution in [0.1, 0.15) is 23.7 Å². The number of ketones is 1. The molecule has 1 rings (SSSR count). The summed E-state index contributed by atoms with van der Waals surface area (Å²) in [4.78, 5) is 15.3. The Morgan fingerprint density at radius 2 is 2.33 bits per heavy atom. The van der Waals surface area contributed by atoms with Crippen LogP contribution in [0.15, 0.2) is 23.4 Å². The highest BCUT2D eigenvalue weighted by molar-refractivity contribution is 7.98. The summed E-state index contributed by atoms with van der Waals surface area (Å²) in [5.41, 5.74) is 0.704. The Hall–Kier alpha value is -0.830. The van der Waals surface area contributed by atoms with Crippen LogP contribution in [-0.2, 0) is 0 Å². The molecule has 0 aromatic carbocycles. The molecular weight excluding hydrogens is 170 g/mol. The Morgan fingerprint density at radius 1 is 1.58 bits per heavy atom. The van der Waals surface area contributed by atoms with E-state index >= 15 is 0 Å². The second kappa shape index (κ2) is 4.26. The van der Waals surface area contributed by atoms with Crippen molar-refractivity contribution in [2.24, 2.45) is 0 Å². The van der Waals surface area contributed by atoms with Crippen molar-refractivity contribution in [1.82, 2.24) is 4.98 Å². The molecular formula is C9H11NOS. The van der Waals surface area contributed by atoms with Crippen LogP contribution in [0.4, 0.5) is 0 Å². The summed E-state index contributed by atoms with van der Waals surface area (Å²) < 4.78 is 0. The van der Waals surface area contributed by atoms with E-state index in [4.69, 9.17) is 0 Å². The third kappa shape index (κ3) is 2.08. The summed E-state index contributed by atoms with van der Waals surface area (Å²) in [5.74, 6) is 0.148. The van der Waals surface area contributed by atoms with Crippen LogP contribution in [0, 0.1) is 0 Å². The van der Waals surface area contributed by atoms with E-state index in [1.54, 1.807) is 18.0 Å². The molecule has 0 aliphatic rings. The van der Waals surface area contributed by atoms with Crippen molar-refractivity contribution in [2.75, 3.05) is 6.26 Å². The van der Waals surface area contributed by atoms with Gasteiger partial charge in [-0.3, -0.25) is 4.79 Å². The number of carbonyl (C=O) groups excluding carboxylic acids is 1. The molecule has 0 aliphatic carbocycles. The zero-order valence-corrected chi connectivity index (χ0v) is 8.02. The average molecular weight is 181 g/mol. The average Bonchev–Trinajstić information content (AvgIpc) is 2.17. The first-order valence-corrected chi connectivity index (χ1v) is 5.03. The van der Waals surface area contributed by atoms with Gasteiger partial charge in [-0.05, 0) is 18.4 Å². The zero-order valence-electron chi connectivity index (χ0n) is 7.20. The SMILES string of the molecule is CCC(=O)c1ccc(SC)nc1. The molecule has 0 aliphatic heterocycles. The molecule has 0 bridgehead atoms. The van der Waals surface area contributed by atoms with Gasteiger partial charge in [0.1, 0.15) is 0 Å². The Balaban J connectivity index is 2.84. The number of rotatable bonds is 3. The third-order valence-electron chi connectivity index (χ3n) is 1.59. The monoisotopic (exact) mass is 181 g/mol. The first kappa shape index (κ1) is 9.26. The molecule has 1 heterocycles. The lowest BCUT2D eigenvalue weighted by atomic mass is 10.1. The summed E-state index contributed by atoms with van der Waals surface area (Å²) in [5, 5.41) is 0.947. The summed E-state index contributed by atoms with van der Waals surface area (Å²) in [6.07, 6.45) is 4.14. The van der Waals surface area contributed by atoms with Gasteiger partial charge in [-0.15, -0.1) is 11.8 Å². The van der Waals surface area contributed by atoms with E-state index in [1.165, 1.54) is 0 Å². The van der Waals surface area contributed by atoms with Gasteiger partial charge < -0.3 is 0 Å². The van der Waals surface area contributed by atoms with Crippen molar-refractivity contribution in [3.63, 3.8) is 0 Å². The number of pyridine rings is 1. The number of thioether (sulfide) groups is 1. The van der Waals surface area contributed by atoms with Gasteiger partial charge >= 0.3 is 0 Å². The molecule has 0 atom stereocenters. The Labute approximate surface area is 76.4 Å². The van der Waals surface area contributed by atoms with Crippen LogP contribution in [0.3, 0.4) is 0 Å². The van der Waals surface area contributed by atoms with Crippen molar-refractivity contribution < 1.29 is 4.79 Å². The topological polar surface area (TPSA) is 30.0 Å². The van der Waals surface area contributed by atoms with Crippen molar-refractivity contribution in [1.29, 1.82) is 0 Å². The fraction of sp³-hybridized carbons (Fsp3) is 0.333. The highest BCUT2D eigenvalue weighted by Crippen LogP contribution is 2.11. The van der Waals surface area contributed by atoms with Gasteiger partial charge in [0.05, 0.1) is 5.03 Å². The largest absolute Gasteiger partial charge is 0.294 e. The van der Waals surface area contributed by atoms with Crippen LogP contribution >= 0.6 is 11.8 Å². The van der Waals surface area contributed by atoms with Gasteiger partial charge in [0.2, 0.25) is 0 Å². The second-order valence-electron chi connectivity index (χ2n) is 2.37. The maximum Gasteiger partial charge on any atom is 0.164 e. The molecule has 0 N–H and O–H groups in total. The van der Waals surface area contributed by atoms with E-state index in [9.17, 15) is 4.79 Å². The Morgan fingerprint density at radius 3 is 2.75 bits per heavy atom. The fourth-order valence-electron chi connectivity index (χ4n) is 0.870. The summed E-state index contributed by atoms with van der Waals surface area (Å²) in [6.45, 7) is 1.85. The van der Waals surface area contributed by atoms with E-state index in [1.807, 2.05) is 25.3 Å². The quantitative estimate of drug-likeness (QED) is 0.529. The van der Waals surface area contributed by atoms with E-state index in [-0.39, 0.29) is 5.78 Å². The Kier molecular flexibility index (Phi) is 3.29. The summed E-state index contributed by atoms with van der Waals surface area (Å²) in [7, 11) is 0. The highest BCUT2D eigenvalue weighted by Gasteiger charge is 2.02. The molecule has 0 spiro atoms. The Bertz CT molecular complexity index is 268.